The van der Waals surface area contributed by atoms with Crippen molar-refractivity contribution in [3.63, 3.8) is 0 Å². The van der Waals surface area contributed by atoms with Gasteiger partial charge in [-0.05, 0) is 43.3 Å². The van der Waals surface area contributed by atoms with Crippen LogP contribution in [0.1, 0.15) is 11.3 Å². The molecule has 1 aliphatic rings. The zero-order chi connectivity index (χ0) is 19.3. The molecule has 0 spiro atoms. The van der Waals surface area contributed by atoms with Crippen LogP contribution < -0.4 is 16.2 Å². The Hall–Kier alpha value is -3.65. The number of amides is 1. The van der Waals surface area contributed by atoms with Crippen molar-refractivity contribution in [1.82, 2.24) is 14.8 Å². The van der Waals surface area contributed by atoms with Crippen LogP contribution >= 0.6 is 11.3 Å². The number of hydrogen-bond donors (Lipinski definition) is 3. The second-order valence-corrected chi connectivity index (χ2v) is 7.34. The first-order valence-corrected chi connectivity index (χ1v) is 9.52. The van der Waals surface area contributed by atoms with Crippen LogP contribution in [0.4, 0.5) is 11.4 Å². The smallest absolute Gasteiger partial charge is 0.264 e. The Morgan fingerprint density at radius 3 is 2.71 bits per heavy atom. The summed E-state index contributed by atoms with van der Waals surface area (Å²) >= 11 is 1.52. The summed E-state index contributed by atoms with van der Waals surface area (Å²) in [6.07, 6.45) is 1.72. The van der Waals surface area contributed by atoms with Gasteiger partial charge in [-0.1, -0.05) is 0 Å². The molecule has 4 aromatic rings. The minimum absolute atomic E-state index is 0.135. The normalized spacial score (nSPS) is 14.5. The molecule has 3 heterocycles. The molecule has 0 radical (unpaired) electrons. The van der Waals surface area contributed by atoms with Crippen molar-refractivity contribution in [2.24, 2.45) is 0 Å². The molecule has 3 N–H and O–H groups in total. The number of carbonyl (C=O) groups is 1. The number of carbonyl (C=O) groups excluding carboxylic acids is 1. The molecule has 0 saturated heterocycles. The molecule has 2 aromatic carbocycles. The van der Waals surface area contributed by atoms with Crippen LogP contribution in [-0.2, 0) is 4.79 Å². The van der Waals surface area contributed by atoms with Crippen molar-refractivity contribution in [3.05, 3.63) is 75.8 Å². The molecule has 0 unspecified atom stereocenters. The van der Waals surface area contributed by atoms with Crippen molar-refractivity contribution in [2.45, 2.75) is 6.92 Å². The number of hydrogen-bond acceptors (Lipinski definition) is 5. The number of benzene rings is 2. The van der Waals surface area contributed by atoms with Crippen molar-refractivity contribution in [1.29, 1.82) is 0 Å². The average molecular weight is 389 g/mol. The summed E-state index contributed by atoms with van der Waals surface area (Å²) in [5, 5.41) is 8.85. The number of thiazole rings is 1. The lowest BCUT2D eigenvalue weighted by Crippen LogP contribution is -2.05. The lowest BCUT2D eigenvalue weighted by Gasteiger charge is -2.07. The summed E-state index contributed by atoms with van der Waals surface area (Å²) in [6.45, 7) is 1.87. The predicted octanol–water partition coefficient (Wildman–Crippen LogP) is 3.49. The summed E-state index contributed by atoms with van der Waals surface area (Å²) in [4.78, 5) is 28.2. The molecule has 138 valence electrons. The molecule has 28 heavy (non-hydrogen) atoms. The molecule has 0 aliphatic carbocycles. The molecular weight excluding hydrogens is 374 g/mol. The lowest BCUT2D eigenvalue weighted by atomic mass is 10.1. The molecular formula is C20H15N5O2S. The summed E-state index contributed by atoms with van der Waals surface area (Å²) in [7, 11) is 0. The quantitative estimate of drug-likeness (QED) is 0.468. The van der Waals surface area contributed by atoms with Gasteiger partial charge in [-0.3, -0.25) is 19.4 Å². The van der Waals surface area contributed by atoms with Crippen LogP contribution in [0.2, 0.25) is 0 Å². The second-order valence-electron chi connectivity index (χ2n) is 6.49. The standard InChI is InChI=1S/C20H15N5O2S/c1-11-8-17(26)24-25(11)13-4-2-12(3-5-13)21-9-14-18-15(23-20(14)27)6-7-16-19(18)28-10-22-16/h2-10,21H,1H3,(H,23,27)(H,24,26)/b14-9+. The number of anilines is 2. The number of aromatic amines is 1. The maximum atomic E-state index is 12.4. The highest BCUT2D eigenvalue weighted by atomic mass is 32.1. The van der Waals surface area contributed by atoms with Gasteiger partial charge in [0.25, 0.3) is 11.5 Å². The highest BCUT2D eigenvalue weighted by Crippen LogP contribution is 2.39. The van der Waals surface area contributed by atoms with Gasteiger partial charge < -0.3 is 10.6 Å². The molecule has 0 saturated carbocycles. The van der Waals surface area contributed by atoms with E-state index in [1.807, 2.05) is 43.3 Å². The van der Waals surface area contributed by atoms with Crippen molar-refractivity contribution in [2.75, 3.05) is 10.6 Å². The van der Waals surface area contributed by atoms with Gasteiger partial charge in [-0.15, -0.1) is 11.3 Å². The van der Waals surface area contributed by atoms with Gasteiger partial charge in [0.1, 0.15) is 0 Å². The molecule has 1 aliphatic heterocycles. The van der Waals surface area contributed by atoms with E-state index < -0.39 is 0 Å². The van der Waals surface area contributed by atoms with Crippen LogP contribution in [0, 0.1) is 6.92 Å². The number of aromatic nitrogens is 3. The third-order valence-electron chi connectivity index (χ3n) is 4.68. The van der Waals surface area contributed by atoms with E-state index >= 15 is 0 Å². The first kappa shape index (κ1) is 16.5. The number of fused-ring (bicyclic) bond motifs is 3. The predicted molar refractivity (Wildman–Crippen MR) is 111 cm³/mol. The number of H-pyrrole nitrogens is 1. The van der Waals surface area contributed by atoms with Crippen LogP contribution in [0.3, 0.4) is 0 Å². The minimum atomic E-state index is -0.138. The maximum absolute atomic E-state index is 12.4. The fourth-order valence-corrected chi connectivity index (χ4v) is 4.21. The average Bonchev–Trinajstić information content (AvgIpc) is 3.36. The fraction of sp³-hybridized carbons (Fsp3) is 0.0500. The first-order valence-electron chi connectivity index (χ1n) is 8.64. The Morgan fingerprint density at radius 1 is 1.14 bits per heavy atom. The molecule has 5 rings (SSSR count). The summed E-state index contributed by atoms with van der Waals surface area (Å²) < 4.78 is 2.72. The molecule has 8 heteroatoms. The highest BCUT2D eigenvalue weighted by Gasteiger charge is 2.27. The van der Waals surface area contributed by atoms with E-state index in [1.54, 1.807) is 22.5 Å². The minimum Gasteiger partial charge on any atom is -0.361 e. The van der Waals surface area contributed by atoms with Crippen molar-refractivity contribution >= 4 is 44.4 Å². The van der Waals surface area contributed by atoms with Gasteiger partial charge in [0, 0.05) is 29.2 Å². The van der Waals surface area contributed by atoms with E-state index in [0.717, 1.165) is 38.5 Å². The van der Waals surface area contributed by atoms with Gasteiger partial charge in [0.15, 0.2) is 0 Å². The van der Waals surface area contributed by atoms with E-state index in [2.05, 4.69) is 20.7 Å². The van der Waals surface area contributed by atoms with E-state index in [-0.39, 0.29) is 11.5 Å². The molecule has 0 bridgehead atoms. The summed E-state index contributed by atoms with van der Waals surface area (Å²) in [6, 6.07) is 12.9. The van der Waals surface area contributed by atoms with Gasteiger partial charge >= 0.3 is 0 Å². The SMILES string of the molecule is Cc1cc(=O)[nH]n1-c1ccc(N/C=C2/C(=O)Nc3ccc4ncsc4c32)cc1. The number of nitrogens with one attached hydrogen (secondary N) is 3. The Kier molecular flexibility index (Phi) is 3.66. The Labute approximate surface area is 163 Å². The van der Waals surface area contributed by atoms with Gasteiger partial charge in [0.2, 0.25) is 0 Å². The van der Waals surface area contributed by atoms with Gasteiger partial charge in [-0.2, -0.15) is 0 Å². The lowest BCUT2D eigenvalue weighted by molar-refractivity contribution is -0.110. The van der Waals surface area contributed by atoms with E-state index in [1.165, 1.54) is 11.3 Å². The van der Waals surface area contributed by atoms with E-state index in [9.17, 15) is 9.59 Å². The molecule has 0 atom stereocenters. The van der Waals surface area contributed by atoms with Gasteiger partial charge in [0.05, 0.1) is 32.7 Å². The molecule has 7 nitrogen and oxygen atoms in total. The Morgan fingerprint density at radius 2 is 1.96 bits per heavy atom. The van der Waals surface area contributed by atoms with Gasteiger partial charge in [-0.25, -0.2) is 4.98 Å². The van der Waals surface area contributed by atoms with Crippen LogP contribution in [-0.4, -0.2) is 20.7 Å². The third kappa shape index (κ3) is 2.62. The summed E-state index contributed by atoms with van der Waals surface area (Å²) in [5.74, 6) is -0.138. The van der Waals surface area contributed by atoms with E-state index in [0.29, 0.717) is 5.57 Å². The van der Waals surface area contributed by atoms with Crippen molar-refractivity contribution in [3.8, 4) is 5.69 Å². The molecule has 1 amide bonds. The zero-order valence-electron chi connectivity index (χ0n) is 14.8. The number of rotatable bonds is 3. The maximum Gasteiger partial charge on any atom is 0.264 e. The molecule has 0 fully saturated rings. The van der Waals surface area contributed by atoms with E-state index in [4.69, 9.17) is 0 Å². The molecule has 2 aromatic heterocycles. The second kappa shape index (κ2) is 6.21. The van der Waals surface area contributed by atoms with Crippen LogP contribution in [0.25, 0.3) is 21.5 Å². The van der Waals surface area contributed by atoms with Crippen LogP contribution in [0.15, 0.2) is 59.0 Å². The highest BCUT2D eigenvalue weighted by molar-refractivity contribution is 7.17. The van der Waals surface area contributed by atoms with Crippen LogP contribution in [0.5, 0.6) is 0 Å². The topological polar surface area (TPSA) is 91.8 Å². The van der Waals surface area contributed by atoms with Crippen molar-refractivity contribution < 1.29 is 4.79 Å². The zero-order valence-corrected chi connectivity index (χ0v) is 15.6. The largest absolute Gasteiger partial charge is 0.361 e. The first-order chi connectivity index (χ1) is 13.6. The number of nitrogens with zero attached hydrogens (tertiary/aromatic N) is 2. The Bertz CT molecular complexity index is 1310. The fourth-order valence-electron chi connectivity index (χ4n) is 3.36. The third-order valence-corrected chi connectivity index (χ3v) is 5.54. The number of aryl methyl sites for hydroxylation is 1. The Balaban J connectivity index is 1.46. The summed E-state index contributed by atoms with van der Waals surface area (Å²) in [5.41, 5.74) is 7.32. The monoisotopic (exact) mass is 389 g/mol.